The molecule has 0 radical (unpaired) electrons. The zero-order valence-corrected chi connectivity index (χ0v) is 55.7. The maximum atomic E-state index is 13.0. The summed E-state index contributed by atoms with van der Waals surface area (Å²) in [5.74, 6) is -2.13. The maximum Gasteiger partial charge on any atom is 0.472 e. The lowest BCUT2D eigenvalue weighted by Gasteiger charge is -2.21. The van der Waals surface area contributed by atoms with Crippen LogP contribution in [0.3, 0.4) is 0 Å². The fourth-order valence-corrected chi connectivity index (χ4v) is 11.4. The standard InChI is InChI=1S/C65H126O17P2/c1-5-9-13-17-21-24-26-28-29-30-32-34-36-40-44-48-52-65(70)82-61(56-76-63(68)50-46-42-39-35-33-31-27-25-22-18-14-10-6-2)58-80-84(73,74)78-54-59(66)53-77-83(71,72)79-57-60(55-75-62(67)49-45-41-37-20-16-12-8-4)81-64(69)51-47-43-38-23-19-15-11-7-3/h59-61,66H,5-58H2,1-4H3,(H,71,72)(H,73,74)/t59-,60+,61+/m0/s1. The van der Waals surface area contributed by atoms with Crippen molar-refractivity contribution in [3.05, 3.63) is 0 Å². The summed E-state index contributed by atoms with van der Waals surface area (Å²) in [6, 6.07) is 0. The number of ether oxygens (including phenoxy) is 4. The fourth-order valence-electron chi connectivity index (χ4n) is 9.81. The summed E-state index contributed by atoms with van der Waals surface area (Å²) in [7, 11) is -9.88. The lowest BCUT2D eigenvalue weighted by atomic mass is 10.0. The monoisotopic (exact) mass is 1240 g/mol. The van der Waals surface area contributed by atoms with Crippen molar-refractivity contribution in [1.29, 1.82) is 0 Å². The highest BCUT2D eigenvalue weighted by molar-refractivity contribution is 7.47. The van der Waals surface area contributed by atoms with Crippen LogP contribution in [0.4, 0.5) is 0 Å². The molecule has 0 bridgehead atoms. The van der Waals surface area contributed by atoms with Crippen molar-refractivity contribution in [2.24, 2.45) is 0 Å². The van der Waals surface area contributed by atoms with Crippen LogP contribution in [-0.2, 0) is 65.4 Å². The van der Waals surface area contributed by atoms with Gasteiger partial charge >= 0.3 is 39.5 Å². The Morgan fingerprint density at radius 3 is 0.702 bits per heavy atom. The van der Waals surface area contributed by atoms with Crippen molar-refractivity contribution in [2.45, 2.75) is 354 Å². The van der Waals surface area contributed by atoms with E-state index in [4.69, 9.17) is 37.0 Å². The van der Waals surface area contributed by atoms with E-state index in [0.29, 0.717) is 25.7 Å². The van der Waals surface area contributed by atoms with Crippen molar-refractivity contribution >= 4 is 39.5 Å². The summed E-state index contributed by atoms with van der Waals surface area (Å²) in [5, 5.41) is 10.5. The van der Waals surface area contributed by atoms with Crippen molar-refractivity contribution in [3.63, 3.8) is 0 Å². The molecular weight excluding hydrogens is 1110 g/mol. The zero-order chi connectivity index (χ0) is 61.9. The van der Waals surface area contributed by atoms with Crippen LogP contribution in [-0.4, -0.2) is 96.7 Å². The van der Waals surface area contributed by atoms with Gasteiger partial charge in [0.25, 0.3) is 0 Å². The second-order valence-electron chi connectivity index (χ2n) is 23.5. The predicted molar refractivity (Wildman–Crippen MR) is 335 cm³/mol. The van der Waals surface area contributed by atoms with Crippen LogP contribution >= 0.6 is 15.6 Å². The lowest BCUT2D eigenvalue weighted by molar-refractivity contribution is -0.161. The van der Waals surface area contributed by atoms with Crippen LogP contribution in [0.5, 0.6) is 0 Å². The fraction of sp³-hybridized carbons (Fsp3) is 0.938. The minimum Gasteiger partial charge on any atom is -0.462 e. The van der Waals surface area contributed by atoms with Gasteiger partial charge in [0, 0.05) is 25.7 Å². The Balaban J connectivity index is 5.18. The van der Waals surface area contributed by atoms with E-state index in [9.17, 15) is 43.2 Å². The van der Waals surface area contributed by atoms with Crippen molar-refractivity contribution < 1.29 is 80.2 Å². The highest BCUT2D eigenvalue weighted by atomic mass is 31.2. The van der Waals surface area contributed by atoms with E-state index < -0.39 is 97.5 Å². The van der Waals surface area contributed by atoms with Crippen molar-refractivity contribution in [1.82, 2.24) is 0 Å². The van der Waals surface area contributed by atoms with Gasteiger partial charge in [0.1, 0.15) is 19.3 Å². The summed E-state index contributed by atoms with van der Waals surface area (Å²) in [6.07, 6.45) is 45.9. The molecule has 84 heavy (non-hydrogen) atoms. The second-order valence-corrected chi connectivity index (χ2v) is 26.4. The van der Waals surface area contributed by atoms with Gasteiger partial charge < -0.3 is 33.8 Å². The molecule has 0 aliphatic heterocycles. The van der Waals surface area contributed by atoms with Gasteiger partial charge in [0.15, 0.2) is 12.2 Å². The van der Waals surface area contributed by atoms with Gasteiger partial charge in [-0.05, 0) is 25.7 Å². The third-order valence-electron chi connectivity index (χ3n) is 15.1. The number of carbonyl (C=O) groups excluding carboxylic acids is 4. The average Bonchev–Trinajstić information content (AvgIpc) is 3.51. The second kappa shape index (κ2) is 60.0. The Hall–Kier alpha value is -1.94. The SMILES string of the molecule is CCCCCCCCCCCCCCCCCCC(=O)O[C@H](COC(=O)CCCCCCCCCCCCCCC)COP(=O)(O)OC[C@@H](O)COP(=O)(O)OC[C@@H](COC(=O)CCCCCCCCC)OC(=O)CCCCCCCCCC. The Bertz CT molecular complexity index is 1620. The van der Waals surface area contributed by atoms with E-state index in [1.165, 1.54) is 148 Å². The molecular formula is C65H126O17P2. The average molecular weight is 1240 g/mol. The minimum absolute atomic E-state index is 0.105. The molecule has 0 aliphatic carbocycles. The first-order valence-corrected chi connectivity index (χ1v) is 37.3. The third kappa shape index (κ3) is 59.0. The molecule has 19 heteroatoms. The van der Waals surface area contributed by atoms with E-state index in [-0.39, 0.29) is 25.7 Å². The highest BCUT2D eigenvalue weighted by Gasteiger charge is 2.30. The van der Waals surface area contributed by atoms with Gasteiger partial charge in [-0.15, -0.1) is 0 Å². The molecule has 2 unspecified atom stereocenters. The number of phosphoric ester groups is 2. The quantitative estimate of drug-likeness (QED) is 0.0222. The number of aliphatic hydroxyl groups is 1. The molecule has 0 heterocycles. The van der Waals surface area contributed by atoms with Crippen molar-refractivity contribution in [2.75, 3.05) is 39.6 Å². The van der Waals surface area contributed by atoms with E-state index in [0.717, 1.165) is 109 Å². The molecule has 0 rings (SSSR count). The number of aliphatic hydroxyl groups excluding tert-OH is 1. The van der Waals surface area contributed by atoms with Crippen LogP contribution in [0, 0.1) is 0 Å². The largest absolute Gasteiger partial charge is 0.472 e. The molecule has 0 fully saturated rings. The zero-order valence-electron chi connectivity index (χ0n) is 53.9. The summed E-state index contributed by atoms with van der Waals surface area (Å²) in [4.78, 5) is 72.1. The molecule has 0 amide bonds. The van der Waals surface area contributed by atoms with Crippen molar-refractivity contribution in [3.8, 4) is 0 Å². The smallest absolute Gasteiger partial charge is 0.462 e. The van der Waals surface area contributed by atoms with Gasteiger partial charge in [-0.3, -0.25) is 37.3 Å². The summed E-state index contributed by atoms with van der Waals surface area (Å²) < 4.78 is 67.9. The first-order chi connectivity index (χ1) is 40.7. The lowest BCUT2D eigenvalue weighted by Crippen LogP contribution is -2.30. The first-order valence-electron chi connectivity index (χ1n) is 34.3. The topological polar surface area (TPSA) is 237 Å². The molecule has 0 spiro atoms. The molecule has 17 nitrogen and oxygen atoms in total. The number of hydrogen-bond acceptors (Lipinski definition) is 15. The van der Waals surface area contributed by atoms with Crippen LogP contribution in [0.15, 0.2) is 0 Å². The number of rotatable bonds is 66. The molecule has 0 saturated heterocycles. The Morgan fingerprint density at radius 1 is 0.286 bits per heavy atom. The third-order valence-corrected chi connectivity index (χ3v) is 17.0. The van der Waals surface area contributed by atoms with Crippen LogP contribution in [0.2, 0.25) is 0 Å². The number of phosphoric acid groups is 2. The highest BCUT2D eigenvalue weighted by Crippen LogP contribution is 2.45. The maximum absolute atomic E-state index is 13.0. The number of carbonyl (C=O) groups is 4. The van der Waals surface area contributed by atoms with E-state index in [1.807, 2.05) is 0 Å². The van der Waals surface area contributed by atoms with E-state index in [1.54, 1.807) is 0 Å². The molecule has 0 aromatic rings. The summed E-state index contributed by atoms with van der Waals surface area (Å²) >= 11 is 0. The Labute approximate surface area is 511 Å². The molecule has 0 saturated carbocycles. The number of hydrogen-bond donors (Lipinski definition) is 3. The minimum atomic E-state index is -4.94. The van der Waals surface area contributed by atoms with Gasteiger partial charge in [0.2, 0.25) is 0 Å². The number of unbranched alkanes of at least 4 members (excludes halogenated alkanes) is 40. The number of esters is 4. The van der Waals surface area contributed by atoms with Gasteiger partial charge in [0.05, 0.1) is 26.4 Å². The van der Waals surface area contributed by atoms with Gasteiger partial charge in [-0.25, -0.2) is 9.13 Å². The first kappa shape index (κ1) is 82.1. The molecule has 5 atom stereocenters. The van der Waals surface area contributed by atoms with Gasteiger partial charge in [-0.2, -0.15) is 0 Å². The Kier molecular flexibility index (Phi) is 58.6. The molecule has 0 aromatic heterocycles. The van der Waals surface area contributed by atoms with Crippen LogP contribution < -0.4 is 0 Å². The predicted octanol–water partition coefficient (Wildman–Crippen LogP) is 18.3. The normalized spacial score (nSPS) is 14.1. The molecule has 3 N–H and O–H groups in total. The van der Waals surface area contributed by atoms with Crippen LogP contribution in [0.1, 0.15) is 336 Å². The van der Waals surface area contributed by atoms with Gasteiger partial charge in [-0.1, -0.05) is 285 Å². The summed E-state index contributed by atoms with van der Waals surface area (Å²) in [6.45, 7) is 4.84. The van der Waals surface area contributed by atoms with E-state index in [2.05, 4.69) is 27.7 Å². The Morgan fingerprint density at radius 2 is 0.476 bits per heavy atom. The van der Waals surface area contributed by atoms with E-state index >= 15 is 0 Å². The van der Waals surface area contributed by atoms with Crippen LogP contribution in [0.25, 0.3) is 0 Å². The summed E-state index contributed by atoms with van der Waals surface area (Å²) in [5.41, 5.74) is 0. The molecule has 0 aromatic carbocycles. The molecule has 498 valence electrons. The molecule has 0 aliphatic rings.